The van der Waals surface area contributed by atoms with Gasteiger partial charge in [-0.15, -0.1) is 0 Å². The number of halogens is 3. The SMILES string of the molecule is O=Cc1cnn(-c2ccc(Cl)cc2Cl)c1Br. The highest BCUT2D eigenvalue weighted by Crippen LogP contribution is 2.27. The molecule has 0 amide bonds. The molecular weight excluding hydrogens is 315 g/mol. The molecule has 2 aromatic rings. The summed E-state index contributed by atoms with van der Waals surface area (Å²) in [5, 5.41) is 5.07. The molecule has 0 bridgehead atoms. The monoisotopic (exact) mass is 318 g/mol. The molecule has 2 rings (SSSR count). The molecule has 0 radical (unpaired) electrons. The quantitative estimate of drug-likeness (QED) is 0.790. The van der Waals surface area contributed by atoms with Crippen molar-refractivity contribution in [1.29, 1.82) is 0 Å². The fourth-order valence-electron chi connectivity index (χ4n) is 1.25. The van der Waals surface area contributed by atoms with E-state index in [-0.39, 0.29) is 0 Å². The molecule has 16 heavy (non-hydrogen) atoms. The van der Waals surface area contributed by atoms with Gasteiger partial charge in [0.2, 0.25) is 0 Å². The first-order valence-electron chi connectivity index (χ1n) is 4.27. The van der Waals surface area contributed by atoms with Gasteiger partial charge in [0, 0.05) is 5.02 Å². The molecule has 0 unspecified atom stereocenters. The smallest absolute Gasteiger partial charge is 0.154 e. The molecule has 0 atom stereocenters. The van der Waals surface area contributed by atoms with Crippen molar-refractivity contribution in [2.45, 2.75) is 0 Å². The van der Waals surface area contributed by atoms with Gasteiger partial charge in [-0.25, -0.2) is 4.68 Å². The van der Waals surface area contributed by atoms with E-state index in [1.165, 1.54) is 10.9 Å². The Labute approximate surface area is 110 Å². The second-order valence-electron chi connectivity index (χ2n) is 3.02. The third-order valence-corrected chi connectivity index (χ3v) is 3.33. The summed E-state index contributed by atoms with van der Waals surface area (Å²) >= 11 is 15.1. The van der Waals surface area contributed by atoms with Crippen molar-refractivity contribution < 1.29 is 4.79 Å². The number of aromatic nitrogens is 2. The summed E-state index contributed by atoms with van der Waals surface area (Å²) in [6.45, 7) is 0. The van der Waals surface area contributed by atoms with Crippen LogP contribution in [0.3, 0.4) is 0 Å². The van der Waals surface area contributed by atoms with Gasteiger partial charge in [-0.05, 0) is 34.1 Å². The lowest BCUT2D eigenvalue weighted by Crippen LogP contribution is -1.97. The van der Waals surface area contributed by atoms with Crippen molar-refractivity contribution in [3.8, 4) is 5.69 Å². The number of carbonyl (C=O) groups excluding carboxylic acids is 1. The van der Waals surface area contributed by atoms with E-state index in [0.717, 1.165) is 6.29 Å². The highest BCUT2D eigenvalue weighted by molar-refractivity contribution is 9.10. The zero-order valence-electron chi connectivity index (χ0n) is 7.82. The van der Waals surface area contributed by atoms with E-state index in [9.17, 15) is 4.79 Å². The molecule has 3 nitrogen and oxygen atoms in total. The van der Waals surface area contributed by atoms with Crippen molar-refractivity contribution in [2.75, 3.05) is 0 Å². The number of benzene rings is 1. The molecule has 1 aromatic carbocycles. The maximum Gasteiger partial charge on any atom is 0.154 e. The third-order valence-electron chi connectivity index (χ3n) is 2.00. The van der Waals surface area contributed by atoms with Crippen LogP contribution in [0, 0.1) is 0 Å². The minimum Gasteiger partial charge on any atom is -0.298 e. The summed E-state index contributed by atoms with van der Waals surface area (Å²) in [6, 6.07) is 5.06. The summed E-state index contributed by atoms with van der Waals surface area (Å²) in [7, 11) is 0. The molecule has 0 spiro atoms. The van der Waals surface area contributed by atoms with Crippen molar-refractivity contribution in [3.63, 3.8) is 0 Å². The van der Waals surface area contributed by atoms with E-state index in [0.29, 0.717) is 25.9 Å². The fraction of sp³-hybridized carbons (Fsp3) is 0. The lowest BCUT2D eigenvalue weighted by Gasteiger charge is -2.05. The Bertz CT molecular complexity index is 554. The summed E-state index contributed by atoms with van der Waals surface area (Å²) in [5.74, 6) is 0. The van der Waals surface area contributed by atoms with Crippen molar-refractivity contribution >= 4 is 45.4 Å². The van der Waals surface area contributed by atoms with Gasteiger partial charge in [0.15, 0.2) is 6.29 Å². The summed E-state index contributed by atoms with van der Waals surface area (Å²) < 4.78 is 2.09. The van der Waals surface area contributed by atoms with Gasteiger partial charge >= 0.3 is 0 Å². The van der Waals surface area contributed by atoms with Gasteiger partial charge in [-0.3, -0.25) is 4.79 Å². The Hall–Kier alpha value is -0.840. The predicted octanol–water partition coefficient (Wildman–Crippen LogP) is 3.75. The second-order valence-corrected chi connectivity index (χ2v) is 4.61. The molecule has 0 fully saturated rings. The maximum absolute atomic E-state index is 10.7. The molecule has 0 saturated carbocycles. The van der Waals surface area contributed by atoms with Crippen molar-refractivity contribution in [1.82, 2.24) is 9.78 Å². The van der Waals surface area contributed by atoms with Crippen LogP contribution < -0.4 is 0 Å². The number of hydrogen-bond donors (Lipinski definition) is 0. The normalized spacial score (nSPS) is 10.4. The number of aldehydes is 1. The highest BCUT2D eigenvalue weighted by Gasteiger charge is 2.11. The van der Waals surface area contributed by atoms with Crippen LogP contribution in [0.25, 0.3) is 5.69 Å². The molecular formula is C10H5BrCl2N2O. The van der Waals surface area contributed by atoms with Gasteiger partial charge in [0.05, 0.1) is 22.5 Å². The summed E-state index contributed by atoms with van der Waals surface area (Å²) in [4.78, 5) is 10.7. The minimum absolute atomic E-state index is 0.464. The zero-order chi connectivity index (χ0) is 11.7. The van der Waals surface area contributed by atoms with Crippen LogP contribution in [0.5, 0.6) is 0 Å². The van der Waals surface area contributed by atoms with Gasteiger partial charge in [-0.1, -0.05) is 23.2 Å². The third kappa shape index (κ3) is 2.00. The van der Waals surface area contributed by atoms with E-state index in [4.69, 9.17) is 23.2 Å². The van der Waals surface area contributed by atoms with Crippen LogP contribution >= 0.6 is 39.1 Å². The first kappa shape index (κ1) is 11.6. The Morgan fingerprint density at radius 2 is 2.12 bits per heavy atom. The van der Waals surface area contributed by atoms with E-state index in [2.05, 4.69) is 21.0 Å². The zero-order valence-corrected chi connectivity index (χ0v) is 10.9. The maximum atomic E-state index is 10.7. The van der Waals surface area contributed by atoms with E-state index in [1.807, 2.05) is 0 Å². The molecule has 1 heterocycles. The Kier molecular flexibility index (Phi) is 3.33. The highest BCUT2D eigenvalue weighted by atomic mass is 79.9. The topological polar surface area (TPSA) is 34.9 Å². The Morgan fingerprint density at radius 3 is 2.69 bits per heavy atom. The second kappa shape index (κ2) is 4.57. The lowest BCUT2D eigenvalue weighted by atomic mass is 10.3. The minimum atomic E-state index is 0.464. The van der Waals surface area contributed by atoms with Crippen LogP contribution in [0.15, 0.2) is 29.0 Å². The molecule has 0 aliphatic rings. The largest absolute Gasteiger partial charge is 0.298 e. The first-order chi connectivity index (χ1) is 7.63. The van der Waals surface area contributed by atoms with Crippen LogP contribution in [0.4, 0.5) is 0 Å². The van der Waals surface area contributed by atoms with Crippen molar-refractivity contribution in [2.24, 2.45) is 0 Å². The van der Waals surface area contributed by atoms with Gasteiger partial charge in [-0.2, -0.15) is 5.10 Å². The molecule has 0 aliphatic carbocycles. The molecule has 1 aromatic heterocycles. The standard InChI is InChI=1S/C10H5BrCl2N2O/c11-10-6(5-16)4-14-15(10)9-2-1-7(12)3-8(9)13/h1-5H. The number of hydrogen-bond acceptors (Lipinski definition) is 2. The molecule has 0 aliphatic heterocycles. The van der Waals surface area contributed by atoms with E-state index >= 15 is 0 Å². The van der Waals surface area contributed by atoms with Crippen LogP contribution in [-0.2, 0) is 0 Å². The molecule has 0 saturated heterocycles. The predicted molar refractivity (Wildman–Crippen MR) is 66.7 cm³/mol. The average Bonchev–Trinajstić information content (AvgIpc) is 2.60. The van der Waals surface area contributed by atoms with Crippen molar-refractivity contribution in [3.05, 3.63) is 44.6 Å². The molecule has 0 N–H and O–H groups in total. The first-order valence-corrected chi connectivity index (χ1v) is 5.82. The van der Waals surface area contributed by atoms with Crippen LogP contribution in [0.2, 0.25) is 10.0 Å². The van der Waals surface area contributed by atoms with Crippen LogP contribution in [0.1, 0.15) is 10.4 Å². The Morgan fingerprint density at radius 1 is 1.38 bits per heavy atom. The summed E-state index contributed by atoms with van der Waals surface area (Å²) in [6.07, 6.45) is 2.18. The van der Waals surface area contributed by atoms with E-state index < -0.39 is 0 Å². The van der Waals surface area contributed by atoms with Gasteiger partial charge in [0.1, 0.15) is 4.60 Å². The van der Waals surface area contributed by atoms with Gasteiger partial charge < -0.3 is 0 Å². The van der Waals surface area contributed by atoms with E-state index in [1.54, 1.807) is 18.2 Å². The number of carbonyl (C=O) groups is 1. The van der Waals surface area contributed by atoms with Crippen LogP contribution in [-0.4, -0.2) is 16.1 Å². The number of rotatable bonds is 2. The molecule has 82 valence electrons. The lowest BCUT2D eigenvalue weighted by molar-refractivity contribution is 0.112. The average molecular weight is 320 g/mol. The Balaban J connectivity index is 2.58. The number of nitrogens with zero attached hydrogens (tertiary/aromatic N) is 2. The molecule has 6 heteroatoms. The van der Waals surface area contributed by atoms with Gasteiger partial charge in [0.25, 0.3) is 0 Å². The summed E-state index contributed by atoms with van der Waals surface area (Å²) in [5.41, 5.74) is 1.12. The fourth-order valence-corrected chi connectivity index (χ4v) is 2.21.